The van der Waals surface area contributed by atoms with Crippen LogP contribution in [0.25, 0.3) is 0 Å². The van der Waals surface area contributed by atoms with Gasteiger partial charge in [0.15, 0.2) is 0 Å². The highest BCUT2D eigenvalue weighted by atomic mass is 16.1. The Kier molecular flexibility index (Phi) is 4.50. The molecule has 0 aliphatic carbocycles. The van der Waals surface area contributed by atoms with Crippen molar-refractivity contribution in [2.24, 2.45) is 0 Å². The van der Waals surface area contributed by atoms with Crippen LogP contribution in [0.5, 0.6) is 0 Å². The number of hydrogen-bond acceptors (Lipinski definition) is 2. The van der Waals surface area contributed by atoms with Crippen LogP contribution in [0, 0.1) is 11.3 Å². The minimum Gasteiger partial charge on any atom is -0.330 e. The first-order chi connectivity index (χ1) is 5.16. The third kappa shape index (κ3) is 6.32. The molecule has 0 unspecified atom stereocenters. The third-order valence-electron chi connectivity index (χ3n) is 0.890. The van der Waals surface area contributed by atoms with Gasteiger partial charge in [0, 0.05) is 18.7 Å². The molecule has 0 aromatic rings. The Labute approximate surface area is 66.0 Å². The summed E-state index contributed by atoms with van der Waals surface area (Å²) in [7, 11) is 0. The van der Waals surface area contributed by atoms with Crippen LogP contribution in [-0.2, 0) is 4.79 Å². The average Bonchev–Trinajstić information content (AvgIpc) is 1.86. The second kappa shape index (κ2) is 5.24. The number of nitrogens with one attached hydrogen (secondary N) is 1. The van der Waals surface area contributed by atoms with Crippen molar-refractivity contribution in [3.05, 3.63) is 23.9 Å². The van der Waals surface area contributed by atoms with Crippen molar-refractivity contribution >= 4 is 5.91 Å². The number of carbonyl (C=O) groups excluding carboxylic acids is 1. The topological polar surface area (TPSA) is 52.9 Å². The molecule has 0 aromatic carbocycles. The summed E-state index contributed by atoms with van der Waals surface area (Å²) in [4.78, 5) is 10.4. The fraction of sp³-hybridized carbons (Fsp3) is 0.250. The predicted octanol–water partition coefficient (Wildman–Crippen LogP) is 1.11. The molecule has 0 fully saturated rings. The van der Waals surface area contributed by atoms with E-state index in [9.17, 15) is 4.79 Å². The number of amides is 1. The summed E-state index contributed by atoms with van der Waals surface area (Å²) >= 11 is 0. The molecule has 0 aliphatic heterocycles. The molecule has 0 saturated carbocycles. The summed E-state index contributed by atoms with van der Waals surface area (Å²) < 4.78 is 0. The van der Waals surface area contributed by atoms with Crippen molar-refractivity contribution in [1.29, 1.82) is 5.26 Å². The highest BCUT2D eigenvalue weighted by Gasteiger charge is 1.88. The van der Waals surface area contributed by atoms with E-state index in [2.05, 4.69) is 5.32 Å². The van der Waals surface area contributed by atoms with Crippen LogP contribution in [0.15, 0.2) is 23.9 Å². The molecule has 3 heteroatoms. The molecule has 0 aliphatic rings. The minimum atomic E-state index is -0.107. The minimum absolute atomic E-state index is 0.107. The number of carbonyl (C=O) groups is 1. The molecule has 0 aromatic heterocycles. The van der Waals surface area contributed by atoms with Crippen molar-refractivity contribution in [3.8, 4) is 6.07 Å². The lowest BCUT2D eigenvalue weighted by Gasteiger charge is -1.97. The largest absolute Gasteiger partial charge is 0.330 e. The average molecular weight is 150 g/mol. The van der Waals surface area contributed by atoms with E-state index in [-0.39, 0.29) is 5.91 Å². The van der Waals surface area contributed by atoms with Crippen LogP contribution in [0.3, 0.4) is 0 Å². The smallest absolute Gasteiger partial charge is 0.220 e. The van der Waals surface area contributed by atoms with Gasteiger partial charge in [0.25, 0.3) is 0 Å². The molecule has 0 spiro atoms. The molecule has 3 nitrogen and oxygen atoms in total. The van der Waals surface area contributed by atoms with Crippen molar-refractivity contribution in [1.82, 2.24) is 5.32 Å². The van der Waals surface area contributed by atoms with E-state index in [1.54, 1.807) is 19.1 Å². The van der Waals surface area contributed by atoms with Crippen molar-refractivity contribution in [2.75, 3.05) is 0 Å². The van der Waals surface area contributed by atoms with Crippen LogP contribution < -0.4 is 5.32 Å². The summed E-state index contributed by atoms with van der Waals surface area (Å²) in [5.41, 5.74) is 0.726. The van der Waals surface area contributed by atoms with Gasteiger partial charge in [-0.15, -0.1) is 0 Å². The summed E-state index contributed by atoms with van der Waals surface area (Å²) in [6, 6.07) is 1.84. The maximum absolute atomic E-state index is 10.4. The maximum Gasteiger partial charge on any atom is 0.220 e. The van der Waals surface area contributed by atoms with Gasteiger partial charge < -0.3 is 5.32 Å². The Hall–Kier alpha value is -1.56. The van der Waals surface area contributed by atoms with Gasteiger partial charge in [-0.2, -0.15) is 5.26 Å². The fourth-order valence-corrected chi connectivity index (χ4v) is 0.555. The van der Waals surface area contributed by atoms with Crippen LogP contribution in [0.2, 0.25) is 0 Å². The van der Waals surface area contributed by atoms with E-state index in [0.717, 1.165) is 5.70 Å². The zero-order chi connectivity index (χ0) is 8.69. The Bertz CT molecular complexity index is 233. The van der Waals surface area contributed by atoms with E-state index in [0.29, 0.717) is 0 Å². The lowest BCUT2D eigenvalue weighted by molar-refractivity contribution is -0.118. The SMILES string of the molecule is CC(=O)N/C(C)=C\C=C\C#N. The first-order valence-corrected chi connectivity index (χ1v) is 3.17. The van der Waals surface area contributed by atoms with Gasteiger partial charge in [-0.3, -0.25) is 4.79 Å². The Morgan fingerprint density at radius 3 is 2.64 bits per heavy atom. The molecule has 0 heterocycles. The fourth-order valence-electron chi connectivity index (χ4n) is 0.555. The zero-order valence-electron chi connectivity index (χ0n) is 6.59. The first kappa shape index (κ1) is 9.44. The highest BCUT2D eigenvalue weighted by Crippen LogP contribution is 1.86. The molecule has 58 valence electrons. The predicted molar refractivity (Wildman–Crippen MR) is 42.3 cm³/mol. The van der Waals surface area contributed by atoms with Gasteiger partial charge in [0.1, 0.15) is 0 Å². The van der Waals surface area contributed by atoms with Crippen molar-refractivity contribution in [2.45, 2.75) is 13.8 Å². The number of allylic oxidation sites excluding steroid dienone is 4. The maximum atomic E-state index is 10.4. The summed E-state index contributed by atoms with van der Waals surface area (Å²) in [5.74, 6) is -0.107. The van der Waals surface area contributed by atoms with E-state index in [1.807, 2.05) is 6.07 Å². The van der Waals surface area contributed by atoms with Gasteiger partial charge in [-0.05, 0) is 13.0 Å². The van der Waals surface area contributed by atoms with Gasteiger partial charge in [0.05, 0.1) is 6.07 Å². The molecule has 0 radical (unpaired) electrons. The summed E-state index contributed by atoms with van der Waals surface area (Å²) in [5, 5.41) is 10.7. The lowest BCUT2D eigenvalue weighted by atomic mass is 10.4. The molecule has 0 bridgehead atoms. The molecule has 1 N–H and O–H groups in total. The van der Waals surface area contributed by atoms with Crippen molar-refractivity contribution in [3.63, 3.8) is 0 Å². The molecule has 0 atom stereocenters. The third-order valence-corrected chi connectivity index (χ3v) is 0.890. The van der Waals surface area contributed by atoms with Crippen LogP contribution in [0.1, 0.15) is 13.8 Å². The molecule has 0 rings (SSSR count). The van der Waals surface area contributed by atoms with Gasteiger partial charge in [0.2, 0.25) is 5.91 Å². The summed E-state index contributed by atoms with van der Waals surface area (Å²) in [6.45, 7) is 3.19. The molecule has 11 heavy (non-hydrogen) atoms. The van der Waals surface area contributed by atoms with Gasteiger partial charge in [-0.1, -0.05) is 6.08 Å². The monoisotopic (exact) mass is 150 g/mol. The molecular weight excluding hydrogens is 140 g/mol. The second-order valence-corrected chi connectivity index (χ2v) is 2.02. The first-order valence-electron chi connectivity index (χ1n) is 3.17. The molecule has 0 saturated heterocycles. The zero-order valence-corrected chi connectivity index (χ0v) is 6.59. The quantitative estimate of drug-likeness (QED) is 0.473. The normalized spacial score (nSPS) is 11.2. The highest BCUT2D eigenvalue weighted by molar-refractivity contribution is 5.74. The van der Waals surface area contributed by atoms with E-state index in [4.69, 9.17) is 5.26 Å². The lowest BCUT2D eigenvalue weighted by Crippen LogP contribution is -2.16. The van der Waals surface area contributed by atoms with Crippen LogP contribution >= 0.6 is 0 Å². The van der Waals surface area contributed by atoms with Crippen molar-refractivity contribution < 1.29 is 4.79 Å². The number of hydrogen-bond donors (Lipinski definition) is 1. The second-order valence-electron chi connectivity index (χ2n) is 2.02. The van der Waals surface area contributed by atoms with Gasteiger partial charge >= 0.3 is 0 Å². The Morgan fingerprint density at radius 2 is 2.18 bits per heavy atom. The van der Waals surface area contributed by atoms with Gasteiger partial charge in [-0.25, -0.2) is 0 Å². The number of nitrogens with zero attached hydrogens (tertiary/aromatic N) is 1. The molecular formula is C8H10N2O. The van der Waals surface area contributed by atoms with Crippen LogP contribution in [-0.4, -0.2) is 5.91 Å². The number of nitriles is 1. The Morgan fingerprint density at radius 1 is 1.55 bits per heavy atom. The standard InChI is InChI=1S/C8H10N2O/c1-7(10-8(2)11)5-3-4-6-9/h3-5H,1-2H3,(H,10,11)/b4-3+,7-5-. The molecule has 1 amide bonds. The van der Waals surface area contributed by atoms with E-state index in [1.165, 1.54) is 13.0 Å². The van der Waals surface area contributed by atoms with E-state index >= 15 is 0 Å². The van der Waals surface area contributed by atoms with Crippen LogP contribution in [0.4, 0.5) is 0 Å². The summed E-state index contributed by atoms with van der Waals surface area (Å²) in [6.07, 6.45) is 4.57. The van der Waals surface area contributed by atoms with E-state index < -0.39 is 0 Å². The Balaban J connectivity index is 3.93. The number of rotatable bonds is 2.